The van der Waals surface area contributed by atoms with Crippen LogP contribution >= 0.6 is 23.2 Å². The molecule has 0 radical (unpaired) electrons. The third-order valence-corrected chi connectivity index (χ3v) is 5.08. The Morgan fingerprint density at radius 2 is 1.72 bits per heavy atom. The second-order valence-electron chi connectivity index (χ2n) is 7.04. The highest BCUT2D eigenvalue weighted by Crippen LogP contribution is 2.30. The maximum absolute atomic E-state index is 12.6. The first kappa shape index (κ1) is 21.8. The number of fused-ring (bicyclic) bond motifs is 1. The fourth-order valence-electron chi connectivity index (χ4n) is 3.05. The molecule has 1 atom stereocenters. The second-order valence-corrected chi connectivity index (χ2v) is 7.91. The predicted molar refractivity (Wildman–Crippen MR) is 120 cm³/mol. The lowest BCUT2D eigenvalue weighted by molar-refractivity contribution is -0.138. The molecule has 1 heterocycles. The molecule has 0 amide bonds. The highest BCUT2D eigenvalue weighted by atomic mass is 35.5. The molecule has 9 heteroatoms. The summed E-state index contributed by atoms with van der Waals surface area (Å²) in [6.07, 6.45) is 0.173. The zero-order valence-electron chi connectivity index (χ0n) is 16.4. The number of halogens is 2. The average Bonchev–Trinajstić information content (AvgIpc) is 3.18. The Hall–Kier alpha value is -3.39. The van der Waals surface area contributed by atoms with Crippen LogP contribution in [0, 0.1) is 0 Å². The van der Waals surface area contributed by atoms with Gasteiger partial charge in [-0.05, 0) is 60.5 Å². The molecule has 0 saturated carbocycles. The van der Waals surface area contributed by atoms with E-state index < -0.39 is 18.0 Å². The number of carbonyl (C=O) groups excluding carboxylic acids is 1. The Balaban J connectivity index is 1.51. The third-order valence-electron chi connectivity index (χ3n) is 4.64. The topological polar surface area (TPSA) is 116 Å². The number of aliphatic carboxylic acids is 1. The van der Waals surface area contributed by atoms with Crippen LogP contribution in [0.4, 0.5) is 0 Å². The van der Waals surface area contributed by atoms with Crippen LogP contribution in [0.15, 0.2) is 65.1 Å². The van der Waals surface area contributed by atoms with Crippen molar-refractivity contribution in [2.45, 2.75) is 12.5 Å². The molecular weight excluding hydrogens is 455 g/mol. The number of carboxylic acids is 1. The molecule has 0 fully saturated rings. The van der Waals surface area contributed by atoms with Crippen LogP contribution < -0.4 is 10.5 Å². The number of hydrogen-bond donors (Lipinski definition) is 2. The molecule has 0 saturated heterocycles. The molecule has 0 aliphatic heterocycles. The first-order valence-corrected chi connectivity index (χ1v) is 10.2. The average molecular weight is 471 g/mol. The minimum absolute atomic E-state index is 0.173. The summed E-state index contributed by atoms with van der Waals surface area (Å²) in [6.45, 7) is 0. The highest BCUT2D eigenvalue weighted by Gasteiger charge is 2.15. The van der Waals surface area contributed by atoms with Gasteiger partial charge in [-0.3, -0.25) is 4.79 Å². The number of rotatable bonds is 6. The maximum atomic E-state index is 12.6. The lowest BCUT2D eigenvalue weighted by atomic mass is 10.1. The van der Waals surface area contributed by atoms with Gasteiger partial charge >= 0.3 is 11.9 Å². The van der Waals surface area contributed by atoms with E-state index in [2.05, 4.69) is 4.98 Å². The lowest BCUT2D eigenvalue weighted by Gasteiger charge is -2.08. The van der Waals surface area contributed by atoms with Crippen molar-refractivity contribution < 1.29 is 23.8 Å². The monoisotopic (exact) mass is 470 g/mol. The number of benzene rings is 3. The lowest BCUT2D eigenvalue weighted by Crippen LogP contribution is -2.32. The Morgan fingerprint density at radius 3 is 2.38 bits per heavy atom. The molecule has 0 aliphatic carbocycles. The van der Waals surface area contributed by atoms with E-state index in [1.54, 1.807) is 60.7 Å². The fraction of sp³-hybridized carbons (Fsp3) is 0.0870. The molecule has 0 spiro atoms. The molecule has 32 heavy (non-hydrogen) atoms. The van der Waals surface area contributed by atoms with Gasteiger partial charge in [0.25, 0.3) is 0 Å². The Kier molecular flexibility index (Phi) is 6.14. The van der Waals surface area contributed by atoms with E-state index in [9.17, 15) is 9.59 Å². The molecule has 0 bridgehead atoms. The van der Waals surface area contributed by atoms with Crippen LogP contribution in [0.25, 0.3) is 22.6 Å². The Morgan fingerprint density at radius 1 is 1.03 bits per heavy atom. The molecule has 4 aromatic rings. The number of carbonyl (C=O) groups is 2. The molecule has 0 aliphatic rings. The first-order valence-electron chi connectivity index (χ1n) is 9.45. The standard InChI is InChI=1S/C23H16Cl2N2O5/c24-15-8-14(9-16(25)11-15)21-27-19-6-3-13(10-20(19)32-21)23(30)31-17-4-1-12(2-5-17)7-18(26)22(28)29/h1-6,8-11,18H,7,26H2,(H,28,29)/t18-/m1/s1. The number of aromatic nitrogens is 1. The van der Waals surface area contributed by atoms with Gasteiger partial charge in [-0.2, -0.15) is 0 Å². The van der Waals surface area contributed by atoms with Crippen molar-refractivity contribution in [3.8, 4) is 17.2 Å². The van der Waals surface area contributed by atoms with Gasteiger partial charge in [0.1, 0.15) is 17.3 Å². The minimum Gasteiger partial charge on any atom is -0.480 e. The van der Waals surface area contributed by atoms with Crippen molar-refractivity contribution in [1.29, 1.82) is 0 Å². The highest BCUT2D eigenvalue weighted by molar-refractivity contribution is 6.35. The summed E-state index contributed by atoms with van der Waals surface area (Å²) >= 11 is 12.1. The van der Waals surface area contributed by atoms with Crippen LogP contribution in [-0.4, -0.2) is 28.1 Å². The Bertz CT molecular complexity index is 1300. The van der Waals surface area contributed by atoms with Crippen molar-refractivity contribution >= 4 is 46.2 Å². The summed E-state index contributed by atoms with van der Waals surface area (Å²) in [7, 11) is 0. The number of esters is 1. The SMILES string of the molecule is N[C@H](Cc1ccc(OC(=O)c2ccc3nc(-c4cc(Cl)cc(Cl)c4)oc3c2)cc1)C(=O)O. The zero-order chi connectivity index (χ0) is 22.8. The molecule has 3 aromatic carbocycles. The van der Waals surface area contributed by atoms with E-state index in [1.165, 1.54) is 0 Å². The van der Waals surface area contributed by atoms with Crippen LogP contribution in [0.2, 0.25) is 10.0 Å². The van der Waals surface area contributed by atoms with Gasteiger partial charge in [-0.25, -0.2) is 9.78 Å². The Labute approximate surface area is 192 Å². The largest absolute Gasteiger partial charge is 0.480 e. The summed E-state index contributed by atoms with van der Waals surface area (Å²) in [6, 6.07) is 15.2. The van der Waals surface area contributed by atoms with E-state index in [0.29, 0.717) is 38.3 Å². The minimum atomic E-state index is -1.08. The zero-order valence-corrected chi connectivity index (χ0v) is 17.9. The van der Waals surface area contributed by atoms with Gasteiger partial charge in [0.15, 0.2) is 5.58 Å². The summed E-state index contributed by atoms with van der Waals surface area (Å²) in [5, 5.41) is 9.80. The number of carboxylic acid groups (broad SMARTS) is 1. The quantitative estimate of drug-likeness (QED) is 0.301. The normalized spacial score (nSPS) is 12.0. The smallest absolute Gasteiger partial charge is 0.343 e. The van der Waals surface area contributed by atoms with E-state index in [4.69, 9.17) is 43.2 Å². The predicted octanol–water partition coefficient (Wildman–Crippen LogP) is 4.98. The van der Waals surface area contributed by atoms with Crippen LogP contribution in [-0.2, 0) is 11.2 Å². The first-order chi connectivity index (χ1) is 15.3. The maximum Gasteiger partial charge on any atom is 0.343 e. The molecule has 3 N–H and O–H groups in total. The molecule has 0 unspecified atom stereocenters. The van der Waals surface area contributed by atoms with Gasteiger partial charge in [-0.1, -0.05) is 35.3 Å². The number of ether oxygens (including phenoxy) is 1. The van der Waals surface area contributed by atoms with Gasteiger partial charge in [0, 0.05) is 15.6 Å². The van der Waals surface area contributed by atoms with E-state index >= 15 is 0 Å². The van der Waals surface area contributed by atoms with E-state index in [-0.39, 0.29) is 12.0 Å². The fourth-order valence-corrected chi connectivity index (χ4v) is 3.58. The summed E-state index contributed by atoms with van der Waals surface area (Å²) in [4.78, 5) is 27.8. The van der Waals surface area contributed by atoms with Gasteiger partial charge < -0.3 is 20.0 Å². The van der Waals surface area contributed by atoms with Crippen LogP contribution in [0.1, 0.15) is 15.9 Å². The summed E-state index contributed by atoms with van der Waals surface area (Å²) < 4.78 is 11.2. The number of nitrogens with two attached hydrogens (primary N) is 1. The van der Waals surface area contributed by atoms with Crippen molar-refractivity contribution in [1.82, 2.24) is 4.98 Å². The van der Waals surface area contributed by atoms with Crippen molar-refractivity contribution in [3.63, 3.8) is 0 Å². The van der Waals surface area contributed by atoms with Gasteiger partial charge in [-0.15, -0.1) is 0 Å². The van der Waals surface area contributed by atoms with Crippen molar-refractivity contribution in [2.24, 2.45) is 5.73 Å². The van der Waals surface area contributed by atoms with E-state index in [1.807, 2.05) is 0 Å². The van der Waals surface area contributed by atoms with Gasteiger partial charge in [0.05, 0.1) is 5.56 Å². The van der Waals surface area contributed by atoms with Crippen molar-refractivity contribution in [3.05, 3.63) is 81.8 Å². The molecular formula is C23H16Cl2N2O5. The summed E-state index contributed by atoms with van der Waals surface area (Å²) in [5.41, 5.74) is 8.11. The summed E-state index contributed by atoms with van der Waals surface area (Å²) in [5.74, 6) is -1.02. The number of hydrogen-bond acceptors (Lipinski definition) is 6. The van der Waals surface area contributed by atoms with Crippen molar-refractivity contribution in [2.75, 3.05) is 0 Å². The number of nitrogens with zero attached hydrogens (tertiary/aromatic N) is 1. The molecule has 162 valence electrons. The van der Waals surface area contributed by atoms with Gasteiger partial charge in [0.2, 0.25) is 5.89 Å². The third kappa shape index (κ3) is 4.91. The van der Waals surface area contributed by atoms with E-state index in [0.717, 1.165) is 5.56 Å². The van der Waals surface area contributed by atoms with Crippen LogP contribution in [0.3, 0.4) is 0 Å². The molecule has 1 aromatic heterocycles. The number of oxazole rings is 1. The second kappa shape index (κ2) is 9.00. The molecule has 7 nitrogen and oxygen atoms in total. The van der Waals surface area contributed by atoms with Crippen LogP contribution in [0.5, 0.6) is 5.75 Å². The molecule has 4 rings (SSSR count).